The van der Waals surface area contributed by atoms with Gasteiger partial charge in [0.1, 0.15) is 12.0 Å². The lowest BCUT2D eigenvalue weighted by molar-refractivity contribution is -0.385. The van der Waals surface area contributed by atoms with E-state index in [1.807, 2.05) is 0 Å². The van der Waals surface area contributed by atoms with Crippen LogP contribution in [-0.2, 0) is 0 Å². The Bertz CT molecular complexity index is 258. The van der Waals surface area contributed by atoms with Gasteiger partial charge in [-0.25, -0.2) is 4.98 Å². The van der Waals surface area contributed by atoms with Gasteiger partial charge in [-0.1, -0.05) is 0 Å². The van der Waals surface area contributed by atoms with Crippen molar-refractivity contribution in [2.45, 2.75) is 0 Å². The minimum Gasteiger partial charge on any atom is -0.290 e. The lowest BCUT2D eigenvalue weighted by Gasteiger charge is -1.94. The van der Waals surface area contributed by atoms with Crippen molar-refractivity contribution in [1.82, 2.24) is 4.98 Å². The third-order valence-corrected chi connectivity index (χ3v) is 1.07. The Morgan fingerprint density at radius 2 is 2.36 bits per heavy atom. The number of aromatic nitrogens is 1. The largest absolute Gasteiger partial charge is 0.290 e. The van der Waals surface area contributed by atoms with Crippen molar-refractivity contribution in [1.29, 1.82) is 0 Å². The molecule has 0 aliphatic rings. The molecule has 0 fully saturated rings. The summed E-state index contributed by atoms with van der Waals surface area (Å²) in [5.41, 5.74) is 1.65. The van der Waals surface area contributed by atoms with E-state index in [1.54, 1.807) is 5.48 Å². The predicted molar refractivity (Wildman–Crippen MR) is 36.3 cm³/mol. The van der Waals surface area contributed by atoms with Gasteiger partial charge < -0.3 is 0 Å². The molecule has 0 aliphatic carbocycles. The van der Waals surface area contributed by atoms with Gasteiger partial charge in [0.25, 0.3) is 5.69 Å². The Morgan fingerprint density at radius 1 is 1.64 bits per heavy atom. The standard InChI is InChI=1S/C5H5N3O3/c9-7-5-2-1-4(3-6-5)8(10)11/h1-3,9H,(H,6,7). The zero-order chi connectivity index (χ0) is 8.27. The van der Waals surface area contributed by atoms with Crippen molar-refractivity contribution in [3.8, 4) is 0 Å². The third-order valence-electron chi connectivity index (χ3n) is 1.07. The number of anilines is 1. The Labute approximate surface area is 61.6 Å². The van der Waals surface area contributed by atoms with Gasteiger partial charge in [0.2, 0.25) is 0 Å². The molecule has 1 aromatic rings. The summed E-state index contributed by atoms with van der Waals surface area (Å²) in [5, 5.41) is 18.4. The highest BCUT2D eigenvalue weighted by Gasteiger charge is 2.03. The molecule has 0 saturated carbocycles. The lowest BCUT2D eigenvalue weighted by atomic mass is 10.4. The molecule has 0 aromatic carbocycles. The zero-order valence-electron chi connectivity index (χ0n) is 5.39. The number of pyridine rings is 1. The summed E-state index contributed by atoms with van der Waals surface area (Å²) in [4.78, 5) is 13.0. The molecule has 0 spiro atoms. The first-order valence-electron chi connectivity index (χ1n) is 2.74. The quantitative estimate of drug-likeness (QED) is 0.486. The summed E-state index contributed by atoms with van der Waals surface area (Å²) < 4.78 is 0. The van der Waals surface area contributed by atoms with E-state index in [0.717, 1.165) is 6.20 Å². The molecule has 6 heteroatoms. The zero-order valence-corrected chi connectivity index (χ0v) is 5.39. The van der Waals surface area contributed by atoms with Crippen LogP contribution in [0.1, 0.15) is 0 Å². The first-order valence-corrected chi connectivity index (χ1v) is 2.74. The van der Waals surface area contributed by atoms with E-state index in [1.165, 1.54) is 12.1 Å². The maximum absolute atomic E-state index is 10.1. The molecular weight excluding hydrogens is 150 g/mol. The number of nitrogens with one attached hydrogen (secondary N) is 1. The first-order chi connectivity index (χ1) is 5.24. The fourth-order valence-electron chi connectivity index (χ4n) is 0.560. The average molecular weight is 155 g/mol. The second-order valence-corrected chi connectivity index (χ2v) is 1.77. The molecule has 0 bridgehead atoms. The van der Waals surface area contributed by atoms with Gasteiger partial charge in [0, 0.05) is 6.07 Å². The van der Waals surface area contributed by atoms with E-state index >= 15 is 0 Å². The highest BCUT2D eigenvalue weighted by molar-refractivity contribution is 5.37. The van der Waals surface area contributed by atoms with Crippen LogP contribution in [0.25, 0.3) is 0 Å². The maximum atomic E-state index is 10.1. The minimum atomic E-state index is -0.561. The highest BCUT2D eigenvalue weighted by Crippen LogP contribution is 2.10. The van der Waals surface area contributed by atoms with Gasteiger partial charge in [0.05, 0.1) is 4.92 Å². The Kier molecular flexibility index (Phi) is 1.98. The molecule has 1 aromatic heterocycles. The molecule has 0 radical (unpaired) electrons. The van der Waals surface area contributed by atoms with Crippen LogP contribution >= 0.6 is 0 Å². The van der Waals surface area contributed by atoms with Gasteiger partial charge in [-0.05, 0) is 6.07 Å². The molecule has 6 nitrogen and oxygen atoms in total. The molecule has 1 rings (SSSR count). The second kappa shape index (κ2) is 2.93. The lowest BCUT2D eigenvalue weighted by Crippen LogP contribution is -1.94. The van der Waals surface area contributed by atoms with Crippen LogP contribution in [0.3, 0.4) is 0 Å². The minimum absolute atomic E-state index is 0.107. The third kappa shape index (κ3) is 1.62. The monoisotopic (exact) mass is 155 g/mol. The first kappa shape index (κ1) is 7.42. The number of nitro groups is 1. The average Bonchev–Trinajstić information content (AvgIpc) is 2.05. The second-order valence-electron chi connectivity index (χ2n) is 1.77. The summed E-state index contributed by atoms with van der Waals surface area (Å²) in [6.45, 7) is 0. The topological polar surface area (TPSA) is 88.3 Å². The highest BCUT2D eigenvalue weighted by atomic mass is 16.6. The van der Waals surface area contributed by atoms with Crippen molar-refractivity contribution in [2.24, 2.45) is 0 Å². The van der Waals surface area contributed by atoms with E-state index in [0.29, 0.717) is 0 Å². The van der Waals surface area contributed by atoms with E-state index < -0.39 is 4.92 Å². The summed E-state index contributed by atoms with van der Waals surface area (Å²) in [6, 6.07) is 2.55. The SMILES string of the molecule is O=[N+]([O-])c1ccc(NO)nc1. The molecule has 0 atom stereocenters. The van der Waals surface area contributed by atoms with Crippen LogP contribution in [0.4, 0.5) is 11.5 Å². The smallest absolute Gasteiger partial charge is 0.287 e. The van der Waals surface area contributed by atoms with Gasteiger partial charge in [-0.3, -0.25) is 20.8 Å². The Morgan fingerprint density at radius 3 is 2.73 bits per heavy atom. The fraction of sp³-hybridized carbons (Fsp3) is 0. The predicted octanol–water partition coefficient (Wildman–Crippen LogP) is 0.791. The van der Waals surface area contributed by atoms with Crippen molar-refractivity contribution in [3.05, 3.63) is 28.4 Å². The van der Waals surface area contributed by atoms with Gasteiger partial charge in [-0.2, -0.15) is 0 Å². The normalized spacial score (nSPS) is 9.18. The van der Waals surface area contributed by atoms with Crippen LogP contribution < -0.4 is 5.48 Å². The number of hydrogen-bond acceptors (Lipinski definition) is 5. The van der Waals surface area contributed by atoms with Gasteiger partial charge >= 0.3 is 0 Å². The molecule has 1 heterocycles. The van der Waals surface area contributed by atoms with Crippen molar-refractivity contribution in [2.75, 3.05) is 5.48 Å². The number of nitrogens with zero attached hydrogens (tertiary/aromatic N) is 2. The molecule has 58 valence electrons. The summed E-state index contributed by atoms with van der Waals surface area (Å²) >= 11 is 0. The van der Waals surface area contributed by atoms with Gasteiger partial charge in [0.15, 0.2) is 0 Å². The van der Waals surface area contributed by atoms with Crippen molar-refractivity contribution < 1.29 is 10.1 Å². The fourth-order valence-corrected chi connectivity index (χ4v) is 0.560. The van der Waals surface area contributed by atoms with E-state index in [9.17, 15) is 10.1 Å². The number of hydrogen-bond donors (Lipinski definition) is 2. The van der Waals surface area contributed by atoms with E-state index in [-0.39, 0.29) is 11.5 Å². The molecule has 0 saturated heterocycles. The van der Waals surface area contributed by atoms with Crippen LogP contribution in [-0.4, -0.2) is 15.1 Å². The van der Waals surface area contributed by atoms with Crippen LogP contribution in [0.15, 0.2) is 18.3 Å². The Hall–Kier alpha value is -1.69. The van der Waals surface area contributed by atoms with Crippen LogP contribution in [0.5, 0.6) is 0 Å². The molecule has 0 unspecified atom stereocenters. The molecular formula is C5H5N3O3. The van der Waals surface area contributed by atoms with Crippen molar-refractivity contribution in [3.63, 3.8) is 0 Å². The van der Waals surface area contributed by atoms with Crippen LogP contribution in [0.2, 0.25) is 0 Å². The van der Waals surface area contributed by atoms with Gasteiger partial charge in [-0.15, -0.1) is 0 Å². The molecule has 11 heavy (non-hydrogen) atoms. The van der Waals surface area contributed by atoms with E-state index in [4.69, 9.17) is 5.21 Å². The van der Waals surface area contributed by atoms with Crippen LogP contribution in [0, 0.1) is 10.1 Å². The molecule has 0 amide bonds. The maximum Gasteiger partial charge on any atom is 0.287 e. The Balaban J connectivity index is 2.91. The van der Waals surface area contributed by atoms with Crippen molar-refractivity contribution >= 4 is 11.5 Å². The summed E-state index contributed by atoms with van der Waals surface area (Å²) in [6.07, 6.45) is 1.05. The van der Waals surface area contributed by atoms with E-state index in [2.05, 4.69) is 4.98 Å². The summed E-state index contributed by atoms with van der Waals surface area (Å²) in [5.74, 6) is 0.176. The number of rotatable bonds is 2. The molecule has 2 N–H and O–H groups in total. The molecule has 0 aliphatic heterocycles. The summed E-state index contributed by atoms with van der Waals surface area (Å²) in [7, 11) is 0.